The van der Waals surface area contributed by atoms with Crippen molar-refractivity contribution in [2.24, 2.45) is 0 Å². The number of hydrogen-bond acceptors (Lipinski definition) is 3. The molecule has 1 rings (SSSR count). The quantitative estimate of drug-likeness (QED) is 0.597. The van der Waals surface area contributed by atoms with E-state index in [-0.39, 0.29) is 11.6 Å². The summed E-state index contributed by atoms with van der Waals surface area (Å²) in [4.78, 5) is 11.4. The van der Waals surface area contributed by atoms with Crippen molar-refractivity contribution in [3.63, 3.8) is 0 Å². The highest BCUT2D eigenvalue weighted by atomic mass is 16.5. The number of benzene rings is 1. The van der Waals surface area contributed by atoms with E-state index in [1.165, 1.54) is 6.08 Å². The summed E-state index contributed by atoms with van der Waals surface area (Å²) in [6.07, 6.45) is 3.98. The molecule has 3 nitrogen and oxygen atoms in total. The maximum absolute atomic E-state index is 11.4. The minimum absolute atomic E-state index is 0.271. The third-order valence-corrected chi connectivity index (χ3v) is 2.18. The molecule has 0 fully saturated rings. The molecule has 19 heavy (non-hydrogen) atoms. The third-order valence-electron chi connectivity index (χ3n) is 2.18. The van der Waals surface area contributed by atoms with Crippen molar-refractivity contribution in [1.82, 2.24) is 0 Å². The van der Waals surface area contributed by atoms with Crippen molar-refractivity contribution in [2.75, 3.05) is 6.61 Å². The molecule has 0 atom stereocenters. The van der Waals surface area contributed by atoms with E-state index in [9.17, 15) is 4.79 Å². The van der Waals surface area contributed by atoms with E-state index in [0.717, 1.165) is 17.7 Å². The Labute approximate surface area is 115 Å². The molecule has 0 saturated heterocycles. The van der Waals surface area contributed by atoms with Crippen molar-refractivity contribution in [3.8, 4) is 5.75 Å². The Balaban J connectivity index is 2.78. The van der Waals surface area contributed by atoms with E-state index < -0.39 is 0 Å². The van der Waals surface area contributed by atoms with Crippen molar-refractivity contribution < 1.29 is 14.3 Å². The summed E-state index contributed by atoms with van der Waals surface area (Å²) < 4.78 is 10.8. The van der Waals surface area contributed by atoms with Crippen LogP contribution in [0.3, 0.4) is 0 Å². The summed E-state index contributed by atoms with van der Waals surface area (Å²) in [5.41, 5.74) is 0.595. The van der Waals surface area contributed by atoms with Gasteiger partial charge in [0, 0.05) is 11.6 Å². The second kappa shape index (κ2) is 6.98. The van der Waals surface area contributed by atoms with Gasteiger partial charge in [-0.2, -0.15) is 0 Å². The van der Waals surface area contributed by atoms with Crippen LogP contribution in [0.15, 0.2) is 30.3 Å². The molecule has 0 radical (unpaired) electrons. The lowest BCUT2D eigenvalue weighted by Gasteiger charge is -2.22. The molecule has 0 amide bonds. The monoisotopic (exact) mass is 262 g/mol. The summed E-state index contributed by atoms with van der Waals surface area (Å²) in [6, 6.07) is 7.62. The smallest absolute Gasteiger partial charge is 0.330 e. The largest absolute Gasteiger partial charge is 0.488 e. The number of hydrogen-bond donors (Lipinski definition) is 0. The van der Waals surface area contributed by atoms with E-state index in [1.54, 1.807) is 6.08 Å². The number of carbonyl (C=O) groups excluding carboxylic acids is 1. The first-order valence-corrected chi connectivity index (χ1v) is 6.55. The highest BCUT2D eigenvalue weighted by Crippen LogP contribution is 2.24. The molecule has 0 N–H and O–H groups in total. The van der Waals surface area contributed by atoms with Crippen LogP contribution >= 0.6 is 0 Å². The Morgan fingerprint density at radius 1 is 1.26 bits per heavy atom. The fourth-order valence-corrected chi connectivity index (χ4v) is 1.45. The summed E-state index contributed by atoms with van der Waals surface area (Å²) in [5.74, 6) is 0.432. The maximum atomic E-state index is 11.4. The van der Waals surface area contributed by atoms with Crippen LogP contribution in [0.1, 0.15) is 39.7 Å². The van der Waals surface area contributed by atoms with E-state index in [2.05, 4.69) is 0 Å². The van der Waals surface area contributed by atoms with Gasteiger partial charge < -0.3 is 9.47 Å². The van der Waals surface area contributed by atoms with Crippen molar-refractivity contribution in [1.29, 1.82) is 0 Å². The van der Waals surface area contributed by atoms with Gasteiger partial charge in [-0.3, -0.25) is 0 Å². The normalized spacial score (nSPS) is 11.6. The number of para-hydroxylation sites is 1. The molecule has 1 aromatic carbocycles. The Kier molecular flexibility index (Phi) is 5.61. The van der Waals surface area contributed by atoms with Crippen LogP contribution in [0.5, 0.6) is 5.75 Å². The molecule has 0 aliphatic carbocycles. The van der Waals surface area contributed by atoms with Gasteiger partial charge in [-0.1, -0.05) is 25.1 Å². The predicted octanol–water partition coefficient (Wildman–Crippen LogP) is 3.83. The van der Waals surface area contributed by atoms with Gasteiger partial charge >= 0.3 is 5.97 Å². The van der Waals surface area contributed by atoms with Gasteiger partial charge in [-0.25, -0.2) is 4.79 Å². The predicted molar refractivity (Wildman–Crippen MR) is 77.1 cm³/mol. The van der Waals surface area contributed by atoms with Crippen LogP contribution in [0, 0.1) is 0 Å². The highest BCUT2D eigenvalue weighted by Gasteiger charge is 2.13. The minimum atomic E-state index is -0.326. The number of carbonyl (C=O) groups is 1. The molecular weight excluding hydrogens is 240 g/mol. The second-order valence-corrected chi connectivity index (χ2v) is 5.25. The van der Waals surface area contributed by atoms with Gasteiger partial charge in [0.05, 0.1) is 6.61 Å². The van der Waals surface area contributed by atoms with Gasteiger partial charge in [0.1, 0.15) is 11.4 Å². The lowest BCUT2D eigenvalue weighted by Crippen LogP contribution is -2.23. The molecule has 1 aromatic rings. The summed E-state index contributed by atoms with van der Waals surface area (Å²) >= 11 is 0. The third kappa shape index (κ3) is 6.09. The van der Waals surface area contributed by atoms with Crippen LogP contribution < -0.4 is 4.74 Å². The first-order chi connectivity index (χ1) is 8.92. The average molecular weight is 262 g/mol. The SMILES string of the molecule is CCCOC(=O)/C=C/c1ccccc1OC(C)(C)C. The summed E-state index contributed by atoms with van der Waals surface area (Å²) in [6.45, 7) is 8.38. The standard InChI is InChI=1S/C16H22O3/c1-5-12-18-15(17)11-10-13-8-6-7-9-14(13)19-16(2,3)4/h6-11H,5,12H2,1-4H3/b11-10+. The molecule has 0 aromatic heterocycles. The summed E-state index contributed by atoms with van der Waals surface area (Å²) in [7, 11) is 0. The van der Waals surface area contributed by atoms with Gasteiger partial charge in [0.25, 0.3) is 0 Å². The van der Waals surface area contributed by atoms with Gasteiger partial charge in [0.15, 0.2) is 0 Å². The molecule has 0 spiro atoms. The zero-order valence-corrected chi connectivity index (χ0v) is 12.1. The Bertz CT molecular complexity index is 442. The first kappa shape index (κ1) is 15.3. The Morgan fingerprint density at radius 2 is 1.95 bits per heavy atom. The van der Waals surface area contributed by atoms with Gasteiger partial charge in [-0.05, 0) is 39.3 Å². The molecule has 3 heteroatoms. The van der Waals surface area contributed by atoms with Crippen molar-refractivity contribution >= 4 is 12.0 Å². The van der Waals surface area contributed by atoms with E-state index in [1.807, 2.05) is 52.0 Å². The number of rotatable bonds is 5. The zero-order valence-electron chi connectivity index (χ0n) is 12.1. The molecule has 0 aliphatic rings. The molecule has 0 unspecified atom stereocenters. The van der Waals surface area contributed by atoms with Gasteiger partial charge in [-0.15, -0.1) is 0 Å². The van der Waals surface area contributed by atoms with Crippen molar-refractivity contribution in [2.45, 2.75) is 39.7 Å². The molecular formula is C16H22O3. The Morgan fingerprint density at radius 3 is 2.58 bits per heavy atom. The maximum Gasteiger partial charge on any atom is 0.330 e. The molecule has 0 saturated carbocycles. The van der Waals surface area contributed by atoms with Crippen LogP contribution in [0.2, 0.25) is 0 Å². The highest BCUT2D eigenvalue weighted by molar-refractivity contribution is 5.87. The minimum Gasteiger partial charge on any atom is -0.488 e. The fraction of sp³-hybridized carbons (Fsp3) is 0.438. The lowest BCUT2D eigenvalue weighted by atomic mass is 10.1. The molecule has 0 aliphatic heterocycles. The number of esters is 1. The van der Waals surface area contributed by atoms with Crippen LogP contribution in [-0.4, -0.2) is 18.2 Å². The fourth-order valence-electron chi connectivity index (χ4n) is 1.45. The lowest BCUT2D eigenvalue weighted by molar-refractivity contribution is -0.137. The van der Waals surface area contributed by atoms with E-state index >= 15 is 0 Å². The second-order valence-electron chi connectivity index (χ2n) is 5.25. The number of ether oxygens (including phenoxy) is 2. The topological polar surface area (TPSA) is 35.5 Å². The molecule has 0 bridgehead atoms. The van der Waals surface area contributed by atoms with Crippen molar-refractivity contribution in [3.05, 3.63) is 35.9 Å². The molecule has 0 heterocycles. The Hall–Kier alpha value is -1.77. The van der Waals surface area contributed by atoms with Gasteiger partial charge in [0.2, 0.25) is 0 Å². The van der Waals surface area contributed by atoms with Crippen LogP contribution in [-0.2, 0) is 9.53 Å². The van der Waals surface area contributed by atoms with Crippen LogP contribution in [0.25, 0.3) is 6.08 Å². The summed E-state index contributed by atoms with van der Waals surface area (Å²) in [5, 5.41) is 0. The van der Waals surface area contributed by atoms with E-state index in [0.29, 0.717) is 6.61 Å². The average Bonchev–Trinajstić information content (AvgIpc) is 2.33. The molecule has 104 valence electrons. The van der Waals surface area contributed by atoms with E-state index in [4.69, 9.17) is 9.47 Å². The zero-order chi connectivity index (χ0) is 14.3. The van der Waals surface area contributed by atoms with Crippen LogP contribution in [0.4, 0.5) is 0 Å². The first-order valence-electron chi connectivity index (χ1n) is 6.55.